The lowest BCUT2D eigenvalue weighted by Crippen LogP contribution is -2.42. The molecule has 0 fully saturated rings. The molecule has 0 N–H and O–H groups in total. The van der Waals surface area contributed by atoms with Crippen LogP contribution < -0.4 is 0 Å². The fourth-order valence-electron chi connectivity index (χ4n) is 3.66. The molecule has 0 atom stereocenters. The molecule has 0 saturated carbocycles. The highest BCUT2D eigenvalue weighted by atomic mass is 16.7. The summed E-state index contributed by atoms with van der Waals surface area (Å²) >= 11 is 0. The van der Waals surface area contributed by atoms with E-state index in [2.05, 4.69) is 34.9 Å². The van der Waals surface area contributed by atoms with E-state index >= 15 is 0 Å². The van der Waals surface area contributed by atoms with Crippen molar-refractivity contribution in [2.24, 2.45) is 0 Å². The first-order chi connectivity index (χ1) is 12.0. The molecule has 0 radical (unpaired) electrons. The Hall–Kier alpha value is -0.0800. The third-order valence-electron chi connectivity index (χ3n) is 5.05. The summed E-state index contributed by atoms with van der Waals surface area (Å²) in [5, 5.41) is 0. The Labute approximate surface area is 160 Å². The van der Waals surface area contributed by atoms with Crippen molar-refractivity contribution in [3.05, 3.63) is 0 Å². The summed E-state index contributed by atoms with van der Waals surface area (Å²) in [5.74, 6) is 0. The zero-order valence-corrected chi connectivity index (χ0v) is 18.5. The average Bonchev–Trinajstić information content (AvgIpc) is 2.53. The number of rotatable bonds is 19. The second-order valence-electron chi connectivity index (χ2n) is 8.75. The van der Waals surface area contributed by atoms with Gasteiger partial charge in [-0.2, -0.15) is 4.65 Å². The number of hydroxylamine groups is 3. The van der Waals surface area contributed by atoms with E-state index in [0.29, 0.717) is 10.8 Å². The molecule has 0 saturated heterocycles. The number of hydrogen-bond donors (Lipinski definition) is 0. The Morgan fingerprint density at radius 1 is 0.560 bits per heavy atom. The van der Waals surface area contributed by atoms with Crippen LogP contribution >= 0.6 is 0 Å². The van der Waals surface area contributed by atoms with Gasteiger partial charge >= 0.3 is 0 Å². The molecule has 2 nitrogen and oxygen atoms in total. The van der Waals surface area contributed by atoms with Gasteiger partial charge in [0, 0.05) is 0 Å². The summed E-state index contributed by atoms with van der Waals surface area (Å²) in [6, 6.07) is 0. The van der Waals surface area contributed by atoms with Crippen LogP contribution in [0.15, 0.2) is 0 Å². The fourth-order valence-corrected chi connectivity index (χ4v) is 3.66. The zero-order valence-electron chi connectivity index (χ0n) is 18.5. The van der Waals surface area contributed by atoms with Crippen LogP contribution in [-0.4, -0.2) is 31.4 Å². The van der Waals surface area contributed by atoms with E-state index in [9.17, 15) is 0 Å². The van der Waals surface area contributed by atoms with Crippen molar-refractivity contribution in [3.8, 4) is 0 Å². The number of hydrogen-bond acceptors (Lipinski definition) is 1. The molecule has 25 heavy (non-hydrogen) atoms. The van der Waals surface area contributed by atoms with Gasteiger partial charge in [-0.05, 0) is 26.7 Å². The molecular formula is C23H50NO+. The third kappa shape index (κ3) is 20.1. The Bertz CT molecular complexity index is 263. The molecule has 0 amide bonds. The Morgan fingerprint density at radius 2 is 0.880 bits per heavy atom. The topological polar surface area (TPSA) is 9.23 Å². The van der Waals surface area contributed by atoms with Crippen LogP contribution in [0.2, 0.25) is 0 Å². The highest BCUT2D eigenvalue weighted by molar-refractivity contribution is 4.49. The zero-order chi connectivity index (χ0) is 18.8. The molecule has 0 aliphatic carbocycles. The van der Waals surface area contributed by atoms with E-state index < -0.39 is 0 Å². The third-order valence-corrected chi connectivity index (χ3v) is 5.05. The molecule has 0 aliphatic heterocycles. The number of quaternary nitrogens is 1. The van der Waals surface area contributed by atoms with E-state index in [-0.39, 0.29) is 0 Å². The molecule has 0 heterocycles. The van der Waals surface area contributed by atoms with E-state index in [1.807, 2.05) is 0 Å². The van der Waals surface area contributed by atoms with Gasteiger partial charge < -0.3 is 0 Å². The van der Waals surface area contributed by atoms with Crippen molar-refractivity contribution in [2.75, 3.05) is 20.6 Å². The quantitative estimate of drug-likeness (QED) is 0.131. The summed E-state index contributed by atoms with van der Waals surface area (Å²) < 4.78 is 0.705. The van der Waals surface area contributed by atoms with Gasteiger partial charge in [0.2, 0.25) is 0 Å². The minimum absolute atomic E-state index is 0.316. The maximum absolute atomic E-state index is 5.90. The molecule has 0 aromatic heterocycles. The molecule has 0 bridgehead atoms. The summed E-state index contributed by atoms with van der Waals surface area (Å²) in [6.07, 6.45) is 23.2. The Morgan fingerprint density at radius 3 is 1.20 bits per heavy atom. The minimum Gasteiger partial charge on any atom is -0.201 e. The SMILES string of the molecule is CCCCCCCCCCCCCCCCCC[N+](C)(C)OC(C)C. The smallest absolute Gasteiger partial charge is 0.111 e. The Balaban J connectivity index is 3.17. The lowest BCUT2D eigenvalue weighted by atomic mass is 10.0. The van der Waals surface area contributed by atoms with Gasteiger partial charge in [-0.25, -0.2) is 4.84 Å². The van der Waals surface area contributed by atoms with Gasteiger partial charge in [-0.3, -0.25) is 0 Å². The van der Waals surface area contributed by atoms with Crippen molar-refractivity contribution >= 4 is 0 Å². The van der Waals surface area contributed by atoms with Gasteiger partial charge in [0.05, 0.1) is 14.1 Å². The monoisotopic (exact) mass is 356 g/mol. The predicted octanol–water partition coefficient (Wildman–Crippen LogP) is 7.66. The standard InChI is InChI=1S/C23H50NO/c1-6-7-8-9-10-11-12-13-14-15-16-17-18-19-20-21-22-24(4,5)25-23(2)3/h23H,6-22H2,1-5H3/q+1. The molecule has 0 aromatic carbocycles. The predicted molar refractivity (Wildman–Crippen MR) is 113 cm³/mol. The van der Waals surface area contributed by atoms with Crippen molar-refractivity contribution in [1.82, 2.24) is 0 Å². The first-order valence-electron chi connectivity index (χ1n) is 11.5. The maximum atomic E-state index is 5.90. The van der Waals surface area contributed by atoms with Crippen molar-refractivity contribution in [2.45, 2.75) is 130 Å². The minimum atomic E-state index is 0.316. The average molecular weight is 357 g/mol. The molecule has 152 valence electrons. The van der Waals surface area contributed by atoms with Crippen LogP contribution in [0.1, 0.15) is 124 Å². The molecule has 0 aliphatic rings. The second kappa shape index (κ2) is 17.3. The van der Waals surface area contributed by atoms with Gasteiger partial charge in [0.25, 0.3) is 0 Å². The van der Waals surface area contributed by atoms with E-state index in [4.69, 9.17) is 4.84 Å². The fraction of sp³-hybridized carbons (Fsp3) is 1.00. The molecular weight excluding hydrogens is 306 g/mol. The number of unbranched alkanes of at least 4 members (excludes halogenated alkanes) is 15. The summed E-state index contributed by atoms with van der Waals surface area (Å²) in [4.78, 5) is 5.90. The van der Waals surface area contributed by atoms with Crippen LogP contribution in [0.25, 0.3) is 0 Å². The molecule has 0 rings (SSSR count). The van der Waals surface area contributed by atoms with Crippen LogP contribution in [0.4, 0.5) is 0 Å². The van der Waals surface area contributed by atoms with Gasteiger partial charge in [-0.1, -0.05) is 96.8 Å². The van der Waals surface area contributed by atoms with Crippen molar-refractivity contribution < 1.29 is 9.48 Å². The number of nitrogens with zero attached hydrogens (tertiary/aromatic N) is 1. The van der Waals surface area contributed by atoms with Crippen LogP contribution in [0.3, 0.4) is 0 Å². The second-order valence-corrected chi connectivity index (χ2v) is 8.75. The molecule has 0 spiro atoms. The van der Waals surface area contributed by atoms with E-state index in [1.165, 1.54) is 103 Å². The van der Waals surface area contributed by atoms with Crippen molar-refractivity contribution in [3.63, 3.8) is 0 Å². The molecule has 0 unspecified atom stereocenters. The largest absolute Gasteiger partial charge is 0.201 e. The van der Waals surface area contributed by atoms with E-state index in [1.54, 1.807) is 0 Å². The maximum Gasteiger partial charge on any atom is 0.111 e. The van der Waals surface area contributed by atoms with Crippen LogP contribution in [0, 0.1) is 0 Å². The highest BCUT2D eigenvalue weighted by Gasteiger charge is 2.17. The summed E-state index contributed by atoms with van der Waals surface area (Å²) in [5.41, 5.74) is 0. The van der Waals surface area contributed by atoms with Crippen LogP contribution in [0.5, 0.6) is 0 Å². The van der Waals surface area contributed by atoms with E-state index in [0.717, 1.165) is 6.54 Å². The normalized spacial score (nSPS) is 12.2. The molecule has 2 heteroatoms. The molecule has 0 aromatic rings. The summed E-state index contributed by atoms with van der Waals surface area (Å²) in [6.45, 7) is 7.67. The first-order valence-corrected chi connectivity index (χ1v) is 11.5. The van der Waals surface area contributed by atoms with Crippen molar-refractivity contribution in [1.29, 1.82) is 0 Å². The van der Waals surface area contributed by atoms with Gasteiger partial charge in [0.15, 0.2) is 0 Å². The lowest BCUT2D eigenvalue weighted by Gasteiger charge is -2.28. The lowest BCUT2D eigenvalue weighted by molar-refractivity contribution is -1.08. The highest BCUT2D eigenvalue weighted by Crippen LogP contribution is 2.14. The van der Waals surface area contributed by atoms with Gasteiger partial charge in [0.1, 0.15) is 12.6 Å². The first kappa shape index (κ1) is 24.9. The van der Waals surface area contributed by atoms with Gasteiger partial charge in [-0.15, -0.1) is 0 Å². The Kier molecular flexibility index (Phi) is 17.3. The van der Waals surface area contributed by atoms with Crippen LogP contribution in [-0.2, 0) is 4.84 Å². The summed E-state index contributed by atoms with van der Waals surface area (Å²) in [7, 11) is 4.34.